The first-order valence-electron chi connectivity index (χ1n) is 9.90. The van der Waals surface area contributed by atoms with Crippen LogP contribution in [0.5, 0.6) is 0 Å². The van der Waals surface area contributed by atoms with Gasteiger partial charge in [-0.2, -0.15) is 0 Å². The number of aromatic nitrogens is 3. The highest BCUT2D eigenvalue weighted by molar-refractivity contribution is 7.99. The minimum absolute atomic E-state index is 0.0641. The average Bonchev–Trinajstić information content (AvgIpc) is 3.18. The molecule has 1 saturated heterocycles. The van der Waals surface area contributed by atoms with Gasteiger partial charge >= 0.3 is 0 Å². The van der Waals surface area contributed by atoms with Crippen LogP contribution in [-0.2, 0) is 4.79 Å². The van der Waals surface area contributed by atoms with Crippen LogP contribution in [0.4, 0.5) is 15.8 Å². The van der Waals surface area contributed by atoms with Gasteiger partial charge in [0, 0.05) is 37.3 Å². The average molecular weight is 492 g/mol. The fourth-order valence-corrected chi connectivity index (χ4v) is 4.45. The van der Waals surface area contributed by atoms with Crippen LogP contribution in [0.3, 0.4) is 0 Å². The van der Waals surface area contributed by atoms with Crippen molar-refractivity contribution in [3.05, 3.63) is 63.4 Å². The third-order valence-corrected chi connectivity index (χ3v) is 6.37. The van der Waals surface area contributed by atoms with Gasteiger partial charge in [0.1, 0.15) is 11.5 Å². The third kappa shape index (κ3) is 4.86. The Hall–Kier alpha value is -3.38. The van der Waals surface area contributed by atoms with Gasteiger partial charge in [-0.05, 0) is 24.3 Å². The van der Waals surface area contributed by atoms with E-state index in [1.165, 1.54) is 12.1 Å². The van der Waals surface area contributed by atoms with E-state index in [4.69, 9.17) is 17.4 Å². The molecule has 0 radical (unpaired) electrons. The summed E-state index contributed by atoms with van der Waals surface area (Å²) in [6.07, 6.45) is 0. The van der Waals surface area contributed by atoms with E-state index >= 15 is 0 Å². The summed E-state index contributed by atoms with van der Waals surface area (Å²) in [6, 6.07) is 10.6. The molecule has 33 heavy (non-hydrogen) atoms. The van der Waals surface area contributed by atoms with Crippen LogP contribution in [0.2, 0.25) is 5.02 Å². The van der Waals surface area contributed by atoms with Gasteiger partial charge in [0.15, 0.2) is 5.82 Å². The Balaban J connectivity index is 1.35. The number of thioether (sulfide) groups is 1. The number of nitrogens with zero attached hydrogens (tertiary/aromatic N) is 6. The summed E-state index contributed by atoms with van der Waals surface area (Å²) in [6.45, 7) is 1.72. The van der Waals surface area contributed by atoms with Crippen LogP contribution in [-0.4, -0.2) is 62.5 Å². The minimum atomic E-state index is -0.469. The number of nitrogens with two attached hydrogens (primary N) is 1. The number of benzene rings is 2. The molecule has 0 aliphatic carbocycles. The highest BCUT2D eigenvalue weighted by atomic mass is 35.5. The summed E-state index contributed by atoms with van der Waals surface area (Å²) >= 11 is 7.00. The Bertz CT molecular complexity index is 1200. The molecule has 0 unspecified atom stereocenters. The van der Waals surface area contributed by atoms with Crippen LogP contribution in [0.25, 0.3) is 11.4 Å². The summed E-state index contributed by atoms with van der Waals surface area (Å²) in [4.78, 5) is 27.1. The standard InChI is InChI=1S/C20H19ClFN7O3S/c21-13-5-6-16(17(11-13)29(31)32)26-7-9-27(10-8-26)18(30)12-33-20-25-24-19(28(20)23)14-3-1-2-4-15(14)22/h1-6,11H,7-10,12,23H2. The monoisotopic (exact) mass is 491 g/mol. The molecule has 0 atom stereocenters. The van der Waals surface area contributed by atoms with Crippen molar-refractivity contribution in [3.63, 3.8) is 0 Å². The third-order valence-electron chi connectivity index (χ3n) is 5.21. The topological polar surface area (TPSA) is 123 Å². The van der Waals surface area contributed by atoms with Gasteiger partial charge in [-0.3, -0.25) is 14.9 Å². The highest BCUT2D eigenvalue weighted by Gasteiger charge is 2.26. The van der Waals surface area contributed by atoms with Gasteiger partial charge in [0.05, 0.1) is 16.2 Å². The maximum atomic E-state index is 14.0. The predicted octanol–water partition coefficient (Wildman–Crippen LogP) is 2.80. The number of nitro groups is 1. The number of carbonyl (C=O) groups is 1. The van der Waals surface area contributed by atoms with Gasteiger partial charge in [-0.15, -0.1) is 10.2 Å². The molecule has 0 bridgehead atoms. The molecule has 1 fully saturated rings. The van der Waals surface area contributed by atoms with Gasteiger partial charge in [0.2, 0.25) is 11.1 Å². The lowest BCUT2D eigenvalue weighted by atomic mass is 10.2. The number of amides is 1. The molecule has 2 N–H and O–H groups in total. The SMILES string of the molecule is Nn1c(SCC(=O)N2CCN(c3ccc(Cl)cc3[N+](=O)[O-])CC2)nnc1-c1ccccc1F. The predicted molar refractivity (Wildman–Crippen MR) is 123 cm³/mol. The Morgan fingerprint density at radius 1 is 1.18 bits per heavy atom. The number of piperazine rings is 1. The molecular formula is C20H19ClFN7O3S. The number of rotatable bonds is 6. The Labute approximate surface area is 197 Å². The second-order valence-electron chi connectivity index (χ2n) is 7.20. The van der Waals surface area contributed by atoms with E-state index in [2.05, 4.69) is 10.2 Å². The molecule has 3 aromatic rings. The van der Waals surface area contributed by atoms with Crippen molar-refractivity contribution in [1.82, 2.24) is 19.8 Å². The molecule has 2 heterocycles. The van der Waals surface area contributed by atoms with Crippen molar-refractivity contribution in [1.29, 1.82) is 0 Å². The molecule has 172 valence electrons. The maximum Gasteiger partial charge on any atom is 0.294 e. The molecule has 2 aromatic carbocycles. The normalized spacial score (nSPS) is 13.9. The Morgan fingerprint density at radius 2 is 1.91 bits per heavy atom. The first-order valence-corrected chi connectivity index (χ1v) is 11.3. The van der Waals surface area contributed by atoms with Crippen LogP contribution in [0, 0.1) is 15.9 Å². The zero-order chi connectivity index (χ0) is 23.5. The quantitative estimate of drug-likeness (QED) is 0.241. The summed E-state index contributed by atoms with van der Waals surface area (Å²) in [5, 5.41) is 19.8. The summed E-state index contributed by atoms with van der Waals surface area (Å²) in [5.74, 6) is 5.66. The van der Waals surface area contributed by atoms with E-state index in [1.807, 2.05) is 4.90 Å². The lowest BCUT2D eigenvalue weighted by Gasteiger charge is -2.35. The fourth-order valence-electron chi connectivity index (χ4n) is 3.53. The zero-order valence-electron chi connectivity index (χ0n) is 17.2. The van der Waals surface area contributed by atoms with E-state index in [-0.39, 0.29) is 33.9 Å². The second kappa shape index (κ2) is 9.63. The zero-order valence-corrected chi connectivity index (χ0v) is 18.8. The van der Waals surface area contributed by atoms with Crippen LogP contribution >= 0.6 is 23.4 Å². The lowest BCUT2D eigenvalue weighted by Crippen LogP contribution is -2.49. The van der Waals surface area contributed by atoms with Gasteiger partial charge < -0.3 is 15.6 Å². The van der Waals surface area contributed by atoms with Crippen molar-refractivity contribution in [2.45, 2.75) is 5.16 Å². The van der Waals surface area contributed by atoms with E-state index in [1.54, 1.807) is 35.2 Å². The second-order valence-corrected chi connectivity index (χ2v) is 8.58. The van der Waals surface area contributed by atoms with E-state index in [0.29, 0.717) is 36.9 Å². The number of halogens is 2. The van der Waals surface area contributed by atoms with Crippen molar-refractivity contribution in [3.8, 4) is 11.4 Å². The van der Waals surface area contributed by atoms with Crippen molar-refractivity contribution in [2.24, 2.45) is 0 Å². The van der Waals surface area contributed by atoms with E-state index < -0.39 is 10.7 Å². The molecule has 4 rings (SSSR count). The molecular weight excluding hydrogens is 473 g/mol. The number of hydrogen-bond acceptors (Lipinski definition) is 8. The van der Waals surface area contributed by atoms with Gasteiger partial charge in [-0.1, -0.05) is 35.5 Å². The smallest absolute Gasteiger partial charge is 0.294 e. The van der Waals surface area contributed by atoms with Crippen molar-refractivity contribution >= 4 is 40.6 Å². The molecule has 0 spiro atoms. The fraction of sp³-hybridized carbons (Fsp3) is 0.250. The molecule has 1 aromatic heterocycles. The number of carbonyl (C=O) groups excluding carboxylic acids is 1. The van der Waals surface area contributed by atoms with Crippen molar-refractivity contribution < 1.29 is 14.1 Å². The summed E-state index contributed by atoms with van der Waals surface area (Å²) in [7, 11) is 0. The van der Waals surface area contributed by atoms with Crippen molar-refractivity contribution in [2.75, 3.05) is 42.7 Å². The lowest BCUT2D eigenvalue weighted by molar-refractivity contribution is -0.384. The molecule has 13 heteroatoms. The van der Waals surface area contributed by atoms with Crippen LogP contribution in [0.1, 0.15) is 0 Å². The van der Waals surface area contributed by atoms with E-state index in [9.17, 15) is 19.3 Å². The Morgan fingerprint density at radius 3 is 2.61 bits per heavy atom. The number of nitro benzene ring substituents is 1. The molecule has 10 nitrogen and oxygen atoms in total. The largest absolute Gasteiger partial charge is 0.362 e. The highest BCUT2D eigenvalue weighted by Crippen LogP contribution is 2.32. The summed E-state index contributed by atoms with van der Waals surface area (Å²) in [5.41, 5.74) is 0.631. The summed E-state index contributed by atoms with van der Waals surface area (Å²) < 4.78 is 15.2. The molecule has 1 aliphatic rings. The van der Waals surface area contributed by atoms with E-state index in [0.717, 1.165) is 16.4 Å². The Kier molecular flexibility index (Phi) is 6.65. The van der Waals surface area contributed by atoms with Gasteiger partial charge in [-0.25, -0.2) is 9.07 Å². The molecule has 0 saturated carbocycles. The number of nitrogen functional groups attached to an aromatic ring is 1. The first kappa shape index (κ1) is 22.8. The van der Waals surface area contributed by atoms with Gasteiger partial charge in [0.25, 0.3) is 5.69 Å². The minimum Gasteiger partial charge on any atom is -0.362 e. The van der Waals surface area contributed by atoms with Crippen LogP contribution in [0.15, 0.2) is 47.6 Å². The maximum absolute atomic E-state index is 14.0. The number of hydrogen-bond donors (Lipinski definition) is 1. The number of anilines is 1. The molecule has 1 amide bonds. The first-order chi connectivity index (χ1) is 15.8. The molecule has 1 aliphatic heterocycles. The van der Waals surface area contributed by atoms with Crippen LogP contribution < -0.4 is 10.7 Å².